The highest BCUT2D eigenvalue weighted by molar-refractivity contribution is 7.32. The Labute approximate surface area is 214 Å². The van der Waals surface area contributed by atoms with Gasteiger partial charge in [0.1, 0.15) is 12.2 Å². The number of rotatable bonds is 10. The molecule has 0 aromatic heterocycles. The smallest absolute Gasteiger partial charge is 0.408 e. The van der Waals surface area contributed by atoms with Crippen molar-refractivity contribution in [2.24, 2.45) is 0 Å². The molecule has 1 aliphatic heterocycles. The van der Waals surface area contributed by atoms with Crippen LogP contribution in [0.25, 0.3) is 0 Å². The van der Waals surface area contributed by atoms with Gasteiger partial charge in [-0.05, 0) is 20.8 Å². The standard InChI is InChI=1S/C21H33N2O13P/c1-10(24)22-17-14(23-20(28)35-21(5,6)7)8-16(36-37(29)30)34-19(17)18(33-13(4)27)15(32-12(3)26)9-31-11(2)25/h8,14-15,17-19,37H,9H2,1-7H3,(H,22,24)(H,23,28)(H,29,30). The van der Waals surface area contributed by atoms with Gasteiger partial charge in [-0.15, -0.1) is 0 Å². The SMILES string of the molecule is CC(=O)NC1C(NC(=O)OC(C)(C)C)C=C(O[PH](=O)O)OC1C(OC(C)=O)C(COC(C)=O)OC(C)=O. The van der Waals surface area contributed by atoms with E-state index in [1.165, 1.54) is 0 Å². The zero-order chi connectivity index (χ0) is 28.5. The molecule has 15 nitrogen and oxygen atoms in total. The lowest BCUT2D eigenvalue weighted by atomic mass is 9.92. The van der Waals surface area contributed by atoms with Crippen LogP contribution in [0.2, 0.25) is 0 Å². The molecular formula is C21H33N2O13P. The number of esters is 3. The molecule has 0 radical (unpaired) electrons. The summed E-state index contributed by atoms with van der Waals surface area (Å²) >= 11 is 0. The average Bonchev–Trinajstić information content (AvgIpc) is 2.68. The summed E-state index contributed by atoms with van der Waals surface area (Å²) in [4.78, 5) is 69.1. The maximum absolute atomic E-state index is 12.5. The molecule has 2 amide bonds. The normalized spacial score (nSPS) is 21.5. The van der Waals surface area contributed by atoms with Gasteiger partial charge < -0.3 is 43.7 Å². The number of hydrogen-bond acceptors (Lipinski definition) is 12. The lowest BCUT2D eigenvalue weighted by Crippen LogP contribution is -2.64. The van der Waals surface area contributed by atoms with Gasteiger partial charge in [0.2, 0.25) is 5.91 Å². The molecule has 6 unspecified atom stereocenters. The van der Waals surface area contributed by atoms with Crippen LogP contribution in [0.15, 0.2) is 12.0 Å². The van der Waals surface area contributed by atoms with Crippen LogP contribution in [0.1, 0.15) is 48.5 Å². The minimum Gasteiger partial charge on any atom is -0.462 e. The van der Waals surface area contributed by atoms with Gasteiger partial charge in [-0.3, -0.25) is 19.2 Å². The molecule has 1 heterocycles. The van der Waals surface area contributed by atoms with Crippen molar-refractivity contribution in [2.75, 3.05) is 6.61 Å². The Morgan fingerprint density at radius 3 is 2.08 bits per heavy atom. The zero-order valence-electron chi connectivity index (χ0n) is 21.5. The first-order chi connectivity index (χ1) is 17.0. The Kier molecular flexibility index (Phi) is 11.9. The highest BCUT2D eigenvalue weighted by Gasteiger charge is 2.48. The number of carbonyl (C=O) groups excluding carboxylic acids is 5. The number of alkyl carbamates (subject to hydrolysis) is 1. The van der Waals surface area contributed by atoms with Gasteiger partial charge in [0.25, 0.3) is 5.95 Å². The van der Waals surface area contributed by atoms with Crippen LogP contribution in [-0.4, -0.2) is 77.4 Å². The fourth-order valence-corrected chi connectivity index (χ4v) is 3.54. The molecule has 0 aromatic carbocycles. The monoisotopic (exact) mass is 552 g/mol. The second-order valence-electron chi connectivity index (χ2n) is 8.86. The maximum Gasteiger partial charge on any atom is 0.408 e. The van der Waals surface area contributed by atoms with E-state index in [0.717, 1.165) is 33.8 Å². The van der Waals surface area contributed by atoms with E-state index in [9.17, 15) is 33.4 Å². The van der Waals surface area contributed by atoms with Crippen molar-refractivity contribution >= 4 is 38.2 Å². The van der Waals surface area contributed by atoms with Crippen molar-refractivity contribution in [1.29, 1.82) is 0 Å². The van der Waals surface area contributed by atoms with E-state index in [1.807, 2.05) is 0 Å². The number of amides is 2. The zero-order valence-corrected chi connectivity index (χ0v) is 22.5. The molecule has 210 valence electrons. The summed E-state index contributed by atoms with van der Waals surface area (Å²) in [5.74, 6) is -3.62. The van der Waals surface area contributed by atoms with E-state index in [2.05, 4.69) is 10.6 Å². The quantitative estimate of drug-likeness (QED) is 0.192. The summed E-state index contributed by atoms with van der Waals surface area (Å²) in [5.41, 5.74) is -0.901. The number of hydrogen-bond donors (Lipinski definition) is 3. The van der Waals surface area contributed by atoms with Crippen LogP contribution >= 0.6 is 8.25 Å². The van der Waals surface area contributed by atoms with E-state index < -0.39 is 86.7 Å². The summed E-state index contributed by atoms with van der Waals surface area (Å²) in [7, 11) is -3.62. The lowest BCUT2D eigenvalue weighted by molar-refractivity contribution is -0.189. The molecule has 0 fully saturated rings. The summed E-state index contributed by atoms with van der Waals surface area (Å²) < 4.78 is 42.6. The minimum atomic E-state index is -3.62. The van der Waals surface area contributed by atoms with Gasteiger partial charge in [0.05, 0.1) is 12.1 Å². The minimum absolute atomic E-state index is 0.565. The number of nitrogens with one attached hydrogen (secondary N) is 2. The summed E-state index contributed by atoms with van der Waals surface area (Å²) in [6.45, 7) is 8.60. The third-order valence-corrected chi connectivity index (χ3v) is 4.69. The van der Waals surface area contributed by atoms with Crippen molar-refractivity contribution in [3.8, 4) is 0 Å². The molecule has 1 aliphatic rings. The molecular weight excluding hydrogens is 519 g/mol. The first kappa shape index (κ1) is 31.7. The third-order valence-electron chi connectivity index (χ3n) is 4.31. The van der Waals surface area contributed by atoms with E-state index >= 15 is 0 Å². The molecule has 0 saturated heterocycles. The molecule has 1 rings (SSSR count). The predicted molar refractivity (Wildman–Crippen MR) is 124 cm³/mol. The largest absolute Gasteiger partial charge is 0.462 e. The van der Waals surface area contributed by atoms with Crippen molar-refractivity contribution in [3.05, 3.63) is 12.0 Å². The Bertz CT molecular complexity index is 930. The second-order valence-corrected chi connectivity index (χ2v) is 9.59. The van der Waals surface area contributed by atoms with Crippen LogP contribution in [0.4, 0.5) is 4.79 Å². The van der Waals surface area contributed by atoms with Crippen molar-refractivity contribution in [1.82, 2.24) is 10.6 Å². The van der Waals surface area contributed by atoms with Gasteiger partial charge in [-0.1, -0.05) is 0 Å². The van der Waals surface area contributed by atoms with E-state index in [0.29, 0.717) is 0 Å². The first-order valence-electron chi connectivity index (χ1n) is 11.0. The predicted octanol–water partition coefficient (Wildman–Crippen LogP) is 0.450. The Morgan fingerprint density at radius 2 is 1.62 bits per heavy atom. The molecule has 3 N–H and O–H groups in total. The molecule has 0 saturated carbocycles. The second kappa shape index (κ2) is 13.8. The van der Waals surface area contributed by atoms with E-state index in [4.69, 9.17) is 28.2 Å². The van der Waals surface area contributed by atoms with Crippen molar-refractivity contribution in [2.45, 2.75) is 84.5 Å². The molecule has 0 aliphatic carbocycles. The summed E-state index contributed by atoms with van der Waals surface area (Å²) in [6, 6.07) is -2.45. The fourth-order valence-electron chi connectivity index (χ4n) is 3.25. The Morgan fingerprint density at radius 1 is 1.03 bits per heavy atom. The molecule has 16 heteroatoms. The highest BCUT2D eigenvalue weighted by atomic mass is 31.1. The molecule has 0 spiro atoms. The fraction of sp³-hybridized carbons (Fsp3) is 0.667. The molecule has 37 heavy (non-hydrogen) atoms. The maximum atomic E-state index is 12.5. The molecule has 0 aromatic rings. The van der Waals surface area contributed by atoms with Gasteiger partial charge >= 0.3 is 32.3 Å². The Hall–Kier alpha value is -3.32. The third kappa shape index (κ3) is 12.0. The molecule has 6 atom stereocenters. The van der Waals surface area contributed by atoms with Gasteiger partial charge in [-0.25, -0.2) is 9.36 Å². The van der Waals surface area contributed by atoms with E-state index in [-0.39, 0.29) is 0 Å². The topological polar surface area (TPSA) is 202 Å². The summed E-state index contributed by atoms with van der Waals surface area (Å²) in [5, 5.41) is 5.03. The van der Waals surface area contributed by atoms with Gasteiger partial charge in [-0.2, -0.15) is 0 Å². The van der Waals surface area contributed by atoms with Gasteiger partial charge in [0.15, 0.2) is 18.3 Å². The number of carbonyl (C=O) groups is 5. The average molecular weight is 552 g/mol. The molecule has 0 bridgehead atoms. The van der Waals surface area contributed by atoms with E-state index in [1.54, 1.807) is 20.8 Å². The van der Waals surface area contributed by atoms with Crippen LogP contribution in [-0.2, 0) is 52.0 Å². The summed E-state index contributed by atoms with van der Waals surface area (Å²) in [6.07, 6.45) is -4.37. The van der Waals surface area contributed by atoms with Crippen LogP contribution in [0, 0.1) is 0 Å². The van der Waals surface area contributed by atoms with Crippen LogP contribution in [0.5, 0.6) is 0 Å². The van der Waals surface area contributed by atoms with Crippen LogP contribution in [0.3, 0.4) is 0 Å². The highest BCUT2D eigenvalue weighted by Crippen LogP contribution is 2.31. The van der Waals surface area contributed by atoms with Gasteiger partial charge in [0, 0.05) is 33.8 Å². The Balaban J connectivity index is 3.60. The lowest BCUT2D eigenvalue weighted by Gasteiger charge is -2.41. The first-order valence-corrected chi connectivity index (χ1v) is 12.3. The van der Waals surface area contributed by atoms with Crippen molar-refractivity contribution in [3.63, 3.8) is 0 Å². The number of ether oxygens (including phenoxy) is 5. The van der Waals surface area contributed by atoms with Crippen LogP contribution < -0.4 is 10.6 Å². The van der Waals surface area contributed by atoms with Crippen molar-refractivity contribution < 1.29 is 61.6 Å².